The first-order chi connectivity index (χ1) is 6.61. The highest BCUT2D eigenvalue weighted by atomic mass is 35.5. The lowest BCUT2D eigenvalue weighted by Gasteiger charge is -2.08. The van der Waals surface area contributed by atoms with E-state index in [0.717, 1.165) is 0 Å². The number of carboxylic acid groups (broad SMARTS) is 1. The summed E-state index contributed by atoms with van der Waals surface area (Å²) in [5, 5.41) is 18.4. The number of carbonyl (C=O) groups is 1. The molecule has 0 saturated heterocycles. The summed E-state index contributed by atoms with van der Waals surface area (Å²) in [6, 6.07) is 6.82. The van der Waals surface area contributed by atoms with E-state index in [0.29, 0.717) is 11.3 Å². The standard InChI is InChI=1S/C9H11N3O2.ClH/c10-9(11)6-3-1-2-4-7(6)12-5-8(13)14;/h1-4,12H,5H2,(H3,10,11)(H,13,14);1H. The van der Waals surface area contributed by atoms with Crippen LogP contribution >= 0.6 is 12.4 Å². The summed E-state index contributed by atoms with van der Waals surface area (Å²) in [7, 11) is 0. The van der Waals surface area contributed by atoms with Gasteiger partial charge in [-0.2, -0.15) is 0 Å². The highest BCUT2D eigenvalue weighted by Crippen LogP contribution is 2.13. The number of halogens is 1. The molecule has 0 bridgehead atoms. The van der Waals surface area contributed by atoms with E-state index in [1.54, 1.807) is 24.3 Å². The van der Waals surface area contributed by atoms with Gasteiger partial charge in [0.05, 0.1) is 0 Å². The van der Waals surface area contributed by atoms with Gasteiger partial charge in [0, 0.05) is 11.3 Å². The molecule has 0 aliphatic heterocycles. The van der Waals surface area contributed by atoms with E-state index in [1.807, 2.05) is 0 Å². The second-order valence-corrected chi connectivity index (χ2v) is 2.71. The third kappa shape index (κ3) is 3.86. The zero-order valence-electron chi connectivity index (χ0n) is 7.86. The van der Waals surface area contributed by atoms with Crippen LogP contribution in [-0.4, -0.2) is 23.5 Å². The number of anilines is 1. The number of nitrogens with two attached hydrogens (primary N) is 1. The fourth-order valence-electron chi connectivity index (χ4n) is 1.04. The van der Waals surface area contributed by atoms with Crippen LogP contribution < -0.4 is 11.1 Å². The van der Waals surface area contributed by atoms with Crippen molar-refractivity contribution in [2.75, 3.05) is 11.9 Å². The van der Waals surface area contributed by atoms with Crippen molar-refractivity contribution in [1.82, 2.24) is 0 Å². The Balaban J connectivity index is 0.00000196. The van der Waals surface area contributed by atoms with Crippen molar-refractivity contribution in [2.45, 2.75) is 0 Å². The topological polar surface area (TPSA) is 99.2 Å². The maximum atomic E-state index is 10.3. The molecule has 1 aromatic carbocycles. The molecule has 0 fully saturated rings. The minimum absolute atomic E-state index is 0. The maximum absolute atomic E-state index is 10.3. The Morgan fingerprint density at radius 3 is 2.60 bits per heavy atom. The van der Waals surface area contributed by atoms with Crippen LogP contribution in [0.15, 0.2) is 24.3 Å². The molecule has 5 nitrogen and oxygen atoms in total. The van der Waals surface area contributed by atoms with Gasteiger partial charge in [-0.1, -0.05) is 12.1 Å². The first-order valence-electron chi connectivity index (χ1n) is 4.00. The van der Waals surface area contributed by atoms with E-state index in [4.69, 9.17) is 16.2 Å². The van der Waals surface area contributed by atoms with Gasteiger partial charge in [0.25, 0.3) is 0 Å². The van der Waals surface area contributed by atoms with Crippen molar-refractivity contribution in [2.24, 2.45) is 5.73 Å². The van der Waals surface area contributed by atoms with Crippen LogP contribution in [0.25, 0.3) is 0 Å². The minimum atomic E-state index is -0.955. The first kappa shape index (κ1) is 13.2. The summed E-state index contributed by atoms with van der Waals surface area (Å²) >= 11 is 0. The third-order valence-electron chi connectivity index (χ3n) is 1.65. The van der Waals surface area contributed by atoms with E-state index >= 15 is 0 Å². The highest BCUT2D eigenvalue weighted by molar-refractivity contribution is 6.00. The SMILES string of the molecule is Cl.N=C(N)c1ccccc1NCC(=O)O. The Labute approximate surface area is 93.2 Å². The molecule has 0 unspecified atom stereocenters. The highest BCUT2D eigenvalue weighted by Gasteiger charge is 2.04. The molecule has 6 heteroatoms. The van der Waals surface area contributed by atoms with Crippen molar-refractivity contribution in [3.8, 4) is 0 Å². The van der Waals surface area contributed by atoms with Crippen LogP contribution in [0.3, 0.4) is 0 Å². The quantitative estimate of drug-likeness (QED) is 0.455. The fourth-order valence-corrected chi connectivity index (χ4v) is 1.04. The molecular formula is C9H12ClN3O2. The summed E-state index contributed by atoms with van der Waals surface area (Å²) in [5.74, 6) is -1.04. The number of amidine groups is 1. The van der Waals surface area contributed by atoms with Gasteiger partial charge in [-0.05, 0) is 12.1 Å². The Hall–Kier alpha value is -1.75. The molecule has 15 heavy (non-hydrogen) atoms. The van der Waals surface area contributed by atoms with Crippen LogP contribution in [0, 0.1) is 5.41 Å². The van der Waals surface area contributed by atoms with Crippen LogP contribution in [0.5, 0.6) is 0 Å². The number of nitrogen functional groups attached to an aromatic ring is 1. The number of aliphatic carboxylic acids is 1. The number of carboxylic acids is 1. The summed E-state index contributed by atoms with van der Waals surface area (Å²) in [6.07, 6.45) is 0. The summed E-state index contributed by atoms with van der Waals surface area (Å²) < 4.78 is 0. The van der Waals surface area contributed by atoms with Crippen molar-refractivity contribution in [3.63, 3.8) is 0 Å². The van der Waals surface area contributed by atoms with E-state index in [2.05, 4.69) is 5.32 Å². The zero-order valence-corrected chi connectivity index (χ0v) is 8.67. The second-order valence-electron chi connectivity index (χ2n) is 2.71. The molecule has 82 valence electrons. The van der Waals surface area contributed by atoms with Gasteiger partial charge in [0.1, 0.15) is 12.4 Å². The van der Waals surface area contributed by atoms with Gasteiger partial charge in [-0.3, -0.25) is 10.2 Å². The van der Waals surface area contributed by atoms with Gasteiger partial charge in [0.2, 0.25) is 0 Å². The predicted molar refractivity (Wildman–Crippen MR) is 60.8 cm³/mol. The monoisotopic (exact) mass is 229 g/mol. The van der Waals surface area contributed by atoms with E-state index < -0.39 is 5.97 Å². The lowest BCUT2D eigenvalue weighted by atomic mass is 10.1. The number of hydrogen-bond acceptors (Lipinski definition) is 3. The van der Waals surface area contributed by atoms with Gasteiger partial charge >= 0.3 is 5.97 Å². The molecule has 1 rings (SSSR count). The number of nitrogens with one attached hydrogen (secondary N) is 2. The zero-order chi connectivity index (χ0) is 10.6. The van der Waals surface area contributed by atoms with E-state index in [9.17, 15) is 4.79 Å². The van der Waals surface area contributed by atoms with Crippen LogP contribution in [0.1, 0.15) is 5.56 Å². The molecule has 0 amide bonds. The average molecular weight is 230 g/mol. The molecule has 0 heterocycles. The Kier molecular flexibility index (Phi) is 5.19. The molecule has 1 aromatic rings. The molecule has 0 aliphatic rings. The molecule has 0 atom stereocenters. The van der Waals surface area contributed by atoms with Crippen LogP contribution in [0.4, 0.5) is 5.69 Å². The van der Waals surface area contributed by atoms with E-state index in [-0.39, 0.29) is 24.8 Å². The summed E-state index contributed by atoms with van der Waals surface area (Å²) in [4.78, 5) is 10.3. The Morgan fingerprint density at radius 2 is 2.07 bits per heavy atom. The summed E-state index contributed by atoms with van der Waals surface area (Å²) in [6.45, 7) is -0.190. The molecule has 0 saturated carbocycles. The van der Waals surface area contributed by atoms with Crippen molar-refractivity contribution in [3.05, 3.63) is 29.8 Å². The largest absolute Gasteiger partial charge is 0.480 e. The van der Waals surface area contributed by atoms with Gasteiger partial charge in [-0.25, -0.2) is 0 Å². The van der Waals surface area contributed by atoms with E-state index in [1.165, 1.54) is 0 Å². The smallest absolute Gasteiger partial charge is 0.322 e. The number of hydrogen-bond donors (Lipinski definition) is 4. The molecular weight excluding hydrogens is 218 g/mol. The van der Waals surface area contributed by atoms with Crippen molar-refractivity contribution < 1.29 is 9.90 Å². The van der Waals surface area contributed by atoms with Gasteiger partial charge in [0.15, 0.2) is 0 Å². The molecule has 0 spiro atoms. The molecule has 0 aliphatic carbocycles. The van der Waals surface area contributed by atoms with Crippen molar-refractivity contribution >= 4 is 29.9 Å². The number of para-hydroxylation sites is 1. The average Bonchev–Trinajstić information content (AvgIpc) is 2.15. The second kappa shape index (κ2) is 5.87. The lowest BCUT2D eigenvalue weighted by Crippen LogP contribution is -2.17. The Morgan fingerprint density at radius 1 is 1.47 bits per heavy atom. The fraction of sp³-hybridized carbons (Fsp3) is 0.111. The van der Waals surface area contributed by atoms with Gasteiger partial charge in [-0.15, -0.1) is 12.4 Å². The van der Waals surface area contributed by atoms with Crippen molar-refractivity contribution in [1.29, 1.82) is 5.41 Å². The Bertz CT molecular complexity index is 368. The van der Waals surface area contributed by atoms with Crippen LogP contribution in [-0.2, 0) is 4.79 Å². The summed E-state index contributed by atoms with van der Waals surface area (Å²) in [5.41, 5.74) is 6.38. The molecule has 5 N–H and O–H groups in total. The molecule has 0 aromatic heterocycles. The lowest BCUT2D eigenvalue weighted by molar-refractivity contribution is -0.134. The normalized spacial score (nSPS) is 8.80. The predicted octanol–water partition coefficient (Wildman–Crippen LogP) is 0.889. The number of benzene rings is 1. The van der Waals surface area contributed by atoms with Crippen LogP contribution in [0.2, 0.25) is 0 Å². The number of rotatable bonds is 4. The van der Waals surface area contributed by atoms with Gasteiger partial charge < -0.3 is 16.2 Å². The molecule has 0 radical (unpaired) electrons. The maximum Gasteiger partial charge on any atom is 0.322 e. The minimum Gasteiger partial charge on any atom is -0.480 e. The first-order valence-corrected chi connectivity index (χ1v) is 4.00. The third-order valence-corrected chi connectivity index (χ3v) is 1.65.